The molecule has 0 aliphatic carbocycles. The second kappa shape index (κ2) is 5.04. The molecule has 3 aromatic rings. The summed E-state index contributed by atoms with van der Waals surface area (Å²) in [5, 5.41) is 9.18. The van der Waals surface area contributed by atoms with Crippen LogP contribution in [0.4, 0.5) is 0 Å². The van der Waals surface area contributed by atoms with Crippen LogP contribution in [0.15, 0.2) is 51.7 Å². The molecule has 2 nitrogen and oxygen atoms in total. The standard InChI is InChI=1S/C15H10N2S2/c1-10-5-4-6-11(9-16)14(10)19-15-17-12-7-2-3-8-13(12)18-15/h2-8H,1H3. The van der Waals surface area contributed by atoms with Crippen LogP contribution < -0.4 is 0 Å². The number of para-hydroxylation sites is 1. The van der Waals surface area contributed by atoms with Gasteiger partial charge < -0.3 is 0 Å². The zero-order chi connectivity index (χ0) is 13.2. The summed E-state index contributed by atoms with van der Waals surface area (Å²) < 4.78 is 2.16. The van der Waals surface area contributed by atoms with Gasteiger partial charge in [0.15, 0.2) is 4.34 Å². The van der Waals surface area contributed by atoms with Crippen molar-refractivity contribution in [1.82, 2.24) is 4.98 Å². The van der Waals surface area contributed by atoms with Gasteiger partial charge in [-0.3, -0.25) is 0 Å². The molecule has 0 atom stereocenters. The maximum atomic E-state index is 9.18. The minimum absolute atomic E-state index is 0.712. The lowest BCUT2D eigenvalue weighted by Crippen LogP contribution is -1.85. The summed E-state index contributed by atoms with van der Waals surface area (Å²) in [4.78, 5) is 5.60. The van der Waals surface area contributed by atoms with Crippen LogP contribution in [0, 0.1) is 18.3 Å². The van der Waals surface area contributed by atoms with Crippen molar-refractivity contribution in [3.63, 3.8) is 0 Å². The Labute approximate surface area is 119 Å². The number of nitriles is 1. The number of hydrogen-bond acceptors (Lipinski definition) is 4. The van der Waals surface area contributed by atoms with E-state index in [9.17, 15) is 5.26 Å². The van der Waals surface area contributed by atoms with Crippen molar-refractivity contribution in [2.75, 3.05) is 0 Å². The van der Waals surface area contributed by atoms with E-state index < -0.39 is 0 Å². The summed E-state index contributed by atoms with van der Waals surface area (Å²) in [5.74, 6) is 0. The lowest BCUT2D eigenvalue weighted by molar-refractivity contribution is 1.24. The Balaban J connectivity index is 2.04. The molecule has 3 rings (SSSR count). The quantitative estimate of drug-likeness (QED) is 0.687. The zero-order valence-electron chi connectivity index (χ0n) is 10.3. The molecule has 0 aliphatic rings. The van der Waals surface area contributed by atoms with Crippen LogP contribution in [0.1, 0.15) is 11.1 Å². The van der Waals surface area contributed by atoms with Gasteiger partial charge in [0.05, 0.1) is 15.8 Å². The van der Waals surface area contributed by atoms with Crippen molar-refractivity contribution >= 4 is 33.3 Å². The number of aromatic nitrogens is 1. The lowest BCUT2D eigenvalue weighted by Gasteiger charge is -2.04. The van der Waals surface area contributed by atoms with Gasteiger partial charge in [-0.2, -0.15) is 5.26 Å². The Kier molecular flexibility index (Phi) is 3.24. The molecule has 0 saturated heterocycles. The van der Waals surface area contributed by atoms with Crippen molar-refractivity contribution in [2.45, 2.75) is 16.2 Å². The Bertz CT molecular complexity index is 751. The summed E-state index contributed by atoms with van der Waals surface area (Å²) in [5.41, 5.74) is 2.84. The molecular formula is C15H10N2S2. The SMILES string of the molecule is Cc1cccc(C#N)c1Sc1nc2ccccc2s1. The predicted molar refractivity (Wildman–Crippen MR) is 79.6 cm³/mol. The van der Waals surface area contributed by atoms with Gasteiger partial charge in [0.25, 0.3) is 0 Å². The first kappa shape index (κ1) is 12.2. The van der Waals surface area contributed by atoms with Gasteiger partial charge in [-0.05, 0) is 30.7 Å². The molecule has 0 radical (unpaired) electrons. The lowest BCUT2D eigenvalue weighted by atomic mass is 10.1. The van der Waals surface area contributed by atoms with E-state index in [1.54, 1.807) is 23.1 Å². The van der Waals surface area contributed by atoms with Crippen LogP contribution in [0.25, 0.3) is 10.2 Å². The maximum Gasteiger partial charge on any atom is 0.155 e. The number of thiazole rings is 1. The molecule has 0 aliphatic heterocycles. The van der Waals surface area contributed by atoms with Gasteiger partial charge in [0.2, 0.25) is 0 Å². The molecule has 0 unspecified atom stereocenters. The van der Waals surface area contributed by atoms with Gasteiger partial charge >= 0.3 is 0 Å². The van der Waals surface area contributed by atoms with Crippen molar-refractivity contribution in [3.8, 4) is 6.07 Å². The third-order valence-electron chi connectivity index (χ3n) is 2.80. The summed E-state index contributed by atoms with van der Waals surface area (Å²) >= 11 is 3.24. The van der Waals surface area contributed by atoms with Crippen LogP contribution >= 0.6 is 23.1 Å². The molecule has 2 aromatic carbocycles. The fraction of sp³-hybridized carbons (Fsp3) is 0.0667. The molecule has 0 amide bonds. The van der Waals surface area contributed by atoms with Gasteiger partial charge in [-0.1, -0.05) is 36.0 Å². The fourth-order valence-electron chi connectivity index (χ4n) is 1.86. The van der Waals surface area contributed by atoms with E-state index in [1.165, 1.54) is 4.70 Å². The molecule has 0 fully saturated rings. The Morgan fingerprint density at radius 3 is 2.79 bits per heavy atom. The summed E-state index contributed by atoms with van der Waals surface area (Å²) in [6.45, 7) is 2.02. The number of hydrogen-bond donors (Lipinski definition) is 0. The predicted octanol–water partition coefficient (Wildman–Crippen LogP) is 4.63. The van der Waals surface area contributed by atoms with Gasteiger partial charge in [0, 0.05) is 4.90 Å². The van der Waals surface area contributed by atoms with E-state index in [2.05, 4.69) is 17.1 Å². The second-order valence-corrected chi connectivity index (χ2v) is 6.40. The summed E-state index contributed by atoms with van der Waals surface area (Å²) in [6, 6.07) is 16.1. The first-order chi connectivity index (χ1) is 9.28. The summed E-state index contributed by atoms with van der Waals surface area (Å²) in [7, 11) is 0. The molecule has 19 heavy (non-hydrogen) atoms. The molecule has 0 N–H and O–H groups in total. The smallest absolute Gasteiger partial charge is 0.155 e. The van der Waals surface area contributed by atoms with Crippen LogP contribution in [-0.2, 0) is 0 Å². The Morgan fingerprint density at radius 1 is 1.16 bits per heavy atom. The zero-order valence-corrected chi connectivity index (χ0v) is 11.9. The largest absolute Gasteiger partial charge is 0.229 e. The number of aryl methyl sites for hydroxylation is 1. The fourth-order valence-corrected chi connectivity index (χ4v) is 4.01. The number of rotatable bonds is 2. The molecule has 1 heterocycles. The highest BCUT2D eigenvalue weighted by Gasteiger charge is 2.10. The van der Waals surface area contributed by atoms with Crippen LogP contribution in [0.5, 0.6) is 0 Å². The first-order valence-electron chi connectivity index (χ1n) is 5.81. The maximum absolute atomic E-state index is 9.18. The minimum atomic E-state index is 0.712. The van der Waals surface area contributed by atoms with Crippen molar-refractivity contribution < 1.29 is 0 Å². The topological polar surface area (TPSA) is 36.7 Å². The van der Waals surface area contributed by atoms with E-state index in [-0.39, 0.29) is 0 Å². The second-order valence-electron chi connectivity index (χ2n) is 4.11. The van der Waals surface area contributed by atoms with E-state index in [4.69, 9.17) is 0 Å². The third-order valence-corrected chi connectivity index (χ3v) is 5.14. The van der Waals surface area contributed by atoms with Gasteiger partial charge in [-0.25, -0.2) is 4.98 Å². The monoisotopic (exact) mass is 282 g/mol. The molecule has 92 valence electrons. The highest BCUT2D eigenvalue weighted by molar-refractivity contribution is 8.01. The van der Waals surface area contributed by atoms with Crippen LogP contribution in [-0.4, -0.2) is 4.98 Å². The van der Waals surface area contributed by atoms with E-state index in [0.717, 1.165) is 20.3 Å². The Morgan fingerprint density at radius 2 is 2.00 bits per heavy atom. The van der Waals surface area contributed by atoms with Crippen molar-refractivity contribution in [2.24, 2.45) is 0 Å². The van der Waals surface area contributed by atoms with E-state index >= 15 is 0 Å². The third kappa shape index (κ3) is 2.35. The molecule has 1 aromatic heterocycles. The van der Waals surface area contributed by atoms with Crippen molar-refractivity contribution in [3.05, 3.63) is 53.6 Å². The first-order valence-corrected chi connectivity index (χ1v) is 7.44. The Hall–Kier alpha value is -1.83. The van der Waals surface area contributed by atoms with Crippen molar-refractivity contribution in [1.29, 1.82) is 5.26 Å². The minimum Gasteiger partial charge on any atom is -0.229 e. The van der Waals surface area contributed by atoms with E-state index in [0.29, 0.717) is 5.56 Å². The number of fused-ring (bicyclic) bond motifs is 1. The molecule has 0 bridgehead atoms. The highest BCUT2D eigenvalue weighted by Crippen LogP contribution is 2.37. The van der Waals surface area contributed by atoms with Crippen LogP contribution in [0.3, 0.4) is 0 Å². The van der Waals surface area contributed by atoms with Crippen LogP contribution in [0.2, 0.25) is 0 Å². The molecule has 4 heteroatoms. The summed E-state index contributed by atoms with van der Waals surface area (Å²) in [6.07, 6.45) is 0. The average molecular weight is 282 g/mol. The molecule has 0 spiro atoms. The average Bonchev–Trinajstić information content (AvgIpc) is 2.83. The number of benzene rings is 2. The van der Waals surface area contributed by atoms with E-state index in [1.807, 2.05) is 43.3 Å². The highest BCUT2D eigenvalue weighted by atomic mass is 32.2. The van der Waals surface area contributed by atoms with Gasteiger partial charge in [0.1, 0.15) is 6.07 Å². The molecular weight excluding hydrogens is 272 g/mol. The molecule has 0 saturated carbocycles. The van der Waals surface area contributed by atoms with Gasteiger partial charge in [-0.15, -0.1) is 11.3 Å². The number of nitrogens with zero attached hydrogens (tertiary/aromatic N) is 2. The normalized spacial score (nSPS) is 10.5.